The highest BCUT2D eigenvalue weighted by Crippen LogP contribution is 2.25. The number of aromatic nitrogens is 1. The Bertz CT molecular complexity index is 379. The fraction of sp³-hybridized carbons (Fsp3) is 0.667. The molecule has 0 bridgehead atoms. The normalized spacial score (nSPS) is 21.4. The van der Waals surface area contributed by atoms with E-state index in [1.807, 2.05) is 0 Å². The first-order valence-electron chi connectivity index (χ1n) is 7.34. The number of hydrogen-bond donors (Lipinski definition) is 1. The summed E-state index contributed by atoms with van der Waals surface area (Å²) < 4.78 is 13.0. The number of hydrogen-bond acceptors (Lipinski definition) is 3. The molecule has 3 nitrogen and oxygen atoms in total. The summed E-state index contributed by atoms with van der Waals surface area (Å²) in [5.74, 6) is 0.630. The third kappa shape index (κ3) is 3.66. The minimum atomic E-state index is -0.269. The molecule has 0 saturated carbocycles. The second-order valence-electron chi connectivity index (χ2n) is 5.33. The van der Waals surface area contributed by atoms with Crippen molar-refractivity contribution in [2.75, 3.05) is 18.0 Å². The lowest BCUT2D eigenvalue weighted by Crippen LogP contribution is -2.51. The molecule has 0 amide bonds. The first kappa shape index (κ1) is 14.3. The van der Waals surface area contributed by atoms with Gasteiger partial charge in [-0.25, -0.2) is 9.37 Å². The van der Waals surface area contributed by atoms with Gasteiger partial charge in [-0.3, -0.25) is 0 Å². The Labute approximate surface area is 115 Å². The molecule has 2 heterocycles. The molecular formula is C15H24FN3. The average Bonchev–Trinajstić information content (AvgIpc) is 2.45. The van der Waals surface area contributed by atoms with Crippen molar-refractivity contribution in [1.29, 1.82) is 0 Å². The molecule has 1 N–H and O–H groups in total. The molecule has 0 aliphatic carbocycles. The van der Waals surface area contributed by atoms with Gasteiger partial charge in [-0.05, 0) is 51.3 Å². The fourth-order valence-electron chi connectivity index (χ4n) is 2.81. The summed E-state index contributed by atoms with van der Waals surface area (Å²) in [5, 5.41) is 3.57. The summed E-state index contributed by atoms with van der Waals surface area (Å²) in [5.41, 5.74) is 0. The zero-order chi connectivity index (χ0) is 13.7. The Morgan fingerprint density at radius 2 is 2.32 bits per heavy atom. The van der Waals surface area contributed by atoms with Crippen LogP contribution < -0.4 is 10.2 Å². The van der Waals surface area contributed by atoms with Crippen molar-refractivity contribution in [1.82, 2.24) is 10.3 Å². The highest BCUT2D eigenvalue weighted by atomic mass is 19.1. The van der Waals surface area contributed by atoms with Crippen LogP contribution >= 0.6 is 0 Å². The number of pyridine rings is 1. The molecule has 19 heavy (non-hydrogen) atoms. The molecule has 1 aliphatic heterocycles. The van der Waals surface area contributed by atoms with Crippen molar-refractivity contribution in [3.63, 3.8) is 0 Å². The van der Waals surface area contributed by atoms with E-state index < -0.39 is 0 Å². The first-order valence-corrected chi connectivity index (χ1v) is 7.34. The smallest absolute Gasteiger partial charge is 0.141 e. The number of rotatable bonds is 5. The maximum Gasteiger partial charge on any atom is 0.141 e. The topological polar surface area (TPSA) is 28.2 Å². The summed E-state index contributed by atoms with van der Waals surface area (Å²) in [6.07, 6.45) is 6.09. The monoisotopic (exact) mass is 265 g/mol. The molecule has 0 spiro atoms. The van der Waals surface area contributed by atoms with Gasteiger partial charge in [-0.1, -0.05) is 6.92 Å². The second-order valence-corrected chi connectivity index (χ2v) is 5.33. The Hall–Kier alpha value is -1.16. The van der Waals surface area contributed by atoms with Crippen molar-refractivity contribution in [2.24, 2.45) is 0 Å². The van der Waals surface area contributed by atoms with E-state index in [0.29, 0.717) is 12.1 Å². The Balaban J connectivity index is 2.08. The minimum absolute atomic E-state index is 0.269. The van der Waals surface area contributed by atoms with E-state index in [-0.39, 0.29) is 5.82 Å². The van der Waals surface area contributed by atoms with Crippen LogP contribution in [0.2, 0.25) is 0 Å². The van der Waals surface area contributed by atoms with Crippen LogP contribution in [0.5, 0.6) is 0 Å². The molecule has 1 aromatic heterocycles. The molecule has 1 aliphatic rings. The number of piperidine rings is 1. The van der Waals surface area contributed by atoms with Crippen LogP contribution in [0.1, 0.15) is 39.5 Å². The van der Waals surface area contributed by atoms with Gasteiger partial charge in [0.05, 0.1) is 6.20 Å². The van der Waals surface area contributed by atoms with Crippen LogP contribution in [0.3, 0.4) is 0 Å². The van der Waals surface area contributed by atoms with E-state index in [4.69, 9.17) is 0 Å². The molecule has 2 unspecified atom stereocenters. The van der Waals surface area contributed by atoms with E-state index in [1.165, 1.54) is 31.5 Å². The SMILES string of the molecule is CCCNC(C)C1CCCCN1c1ccc(F)cn1. The fourth-order valence-corrected chi connectivity index (χ4v) is 2.81. The van der Waals surface area contributed by atoms with Gasteiger partial charge in [0.15, 0.2) is 0 Å². The van der Waals surface area contributed by atoms with Gasteiger partial charge in [0.25, 0.3) is 0 Å². The summed E-state index contributed by atoms with van der Waals surface area (Å²) in [4.78, 5) is 6.57. The van der Waals surface area contributed by atoms with E-state index in [9.17, 15) is 4.39 Å². The first-order chi connectivity index (χ1) is 9.22. The van der Waals surface area contributed by atoms with Gasteiger partial charge in [0, 0.05) is 18.6 Å². The molecule has 0 radical (unpaired) electrons. The molecule has 4 heteroatoms. The van der Waals surface area contributed by atoms with Gasteiger partial charge in [0.2, 0.25) is 0 Å². The summed E-state index contributed by atoms with van der Waals surface area (Å²) in [6, 6.07) is 4.18. The zero-order valence-corrected chi connectivity index (χ0v) is 11.9. The predicted octanol–water partition coefficient (Wildman–Crippen LogP) is 2.97. The lowest BCUT2D eigenvalue weighted by Gasteiger charge is -2.40. The molecule has 2 rings (SSSR count). The Morgan fingerprint density at radius 1 is 1.47 bits per heavy atom. The number of nitrogens with zero attached hydrogens (tertiary/aromatic N) is 2. The van der Waals surface area contributed by atoms with E-state index in [1.54, 1.807) is 6.07 Å². The molecule has 1 saturated heterocycles. The van der Waals surface area contributed by atoms with Crippen LogP contribution in [0.25, 0.3) is 0 Å². The number of halogens is 1. The number of anilines is 1. The summed E-state index contributed by atoms with van der Waals surface area (Å²) >= 11 is 0. The van der Waals surface area contributed by atoms with Gasteiger partial charge >= 0.3 is 0 Å². The van der Waals surface area contributed by atoms with Gasteiger partial charge in [0.1, 0.15) is 11.6 Å². The number of nitrogens with one attached hydrogen (secondary N) is 1. The van der Waals surface area contributed by atoms with E-state index >= 15 is 0 Å². The molecule has 0 aromatic carbocycles. The second kappa shape index (κ2) is 6.85. The van der Waals surface area contributed by atoms with Gasteiger partial charge < -0.3 is 10.2 Å². The lowest BCUT2D eigenvalue weighted by molar-refractivity contribution is 0.366. The van der Waals surface area contributed by atoms with Crippen molar-refractivity contribution < 1.29 is 4.39 Å². The predicted molar refractivity (Wildman–Crippen MR) is 76.9 cm³/mol. The quantitative estimate of drug-likeness (QED) is 0.887. The highest BCUT2D eigenvalue weighted by Gasteiger charge is 2.27. The van der Waals surface area contributed by atoms with Crippen LogP contribution in [0.4, 0.5) is 10.2 Å². The van der Waals surface area contributed by atoms with E-state index in [0.717, 1.165) is 25.3 Å². The summed E-state index contributed by atoms with van der Waals surface area (Å²) in [7, 11) is 0. The molecule has 2 atom stereocenters. The average molecular weight is 265 g/mol. The molecular weight excluding hydrogens is 241 g/mol. The van der Waals surface area contributed by atoms with E-state index in [2.05, 4.69) is 29.0 Å². The highest BCUT2D eigenvalue weighted by molar-refractivity contribution is 5.40. The van der Waals surface area contributed by atoms with Gasteiger partial charge in [-0.2, -0.15) is 0 Å². The van der Waals surface area contributed by atoms with Crippen LogP contribution in [0, 0.1) is 5.82 Å². The molecule has 106 valence electrons. The van der Waals surface area contributed by atoms with Crippen LogP contribution in [-0.4, -0.2) is 30.2 Å². The Morgan fingerprint density at radius 3 is 3.00 bits per heavy atom. The third-order valence-electron chi connectivity index (χ3n) is 3.85. The third-order valence-corrected chi connectivity index (χ3v) is 3.85. The molecule has 1 aromatic rings. The van der Waals surface area contributed by atoms with Crippen molar-refractivity contribution in [3.05, 3.63) is 24.1 Å². The Kier molecular flexibility index (Phi) is 5.14. The summed E-state index contributed by atoms with van der Waals surface area (Å²) in [6.45, 7) is 6.48. The minimum Gasteiger partial charge on any atom is -0.352 e. The van der Waals surface area contributed by atoms with Crippen molar-refractivity contribution in [3.8, 4) is 0 Å². The zero-order valence-electron chi connectivity index (χ0n) is 11.9. The van der Waals surface area contributed by atoms with Crippen LogP contribution in [-0.2, 0) is 0 Å². The van der Waals surface area contributed by atoms with Crippen molar-refractivity contribution in [2.45, 2.75) is 51.6 Å². The maximum absolute atomic E-state index is 13.0. The van der Waals surface area contributed by atoms with Crippen LogP contribution in [0.15, 0.2) is 18.3 Å². The van der Waals surface area contributed by atoms with Crippen molar-refractivity contribution >= 4 is 5.82 Å². The van der Waals surface area contributed by atoms with Gasteiger partial charge in [-0.15, -0.1) is 0 Å². The largest absolute Gasteiger partial charge is 0.352 e. The lowest BCUT2D eigenvalue weighted by atomic mass is 9.96. The molecule has 1 fully saturated rings. The standard InChI is InChI=1S/C15H24FN3/c1-3-9-17-12(2)14-6-4-5-10-19(14)15-8-7-13(16)11-18-15/h7-8,11-12,14,17H,3-6,9-10H2,1-2H3. The maximum atomic E-state index is 13.0.